The number of carbonyl (C=O) groups excluding carboxylic acids is 3. The molecule has 2 aromatic carbocycles. The lowest BCUT2D eigenvalue weighted by Gasteiger charge is -2.50. The van der Waals surface area contributed by atoms with Gasteiger partial charge in [-0.15, -0.1) is 0 Å². The second-order valence-corrected chi connectivity index (χ2v) is 11.4. The van der Waals surface area contributed by atoms with E-state index in [2.05, 4.69) is 0 Å². The van der Waals surface area contributed by atoms with E-state index in [0.29, 0.717) is 16.9 Å². The number of nitrogens with two attached hydrogens (primary N) is 1. The molecular formula is C29H30N2O7S. The molecule has 0 radical (unpaired) electrons. The molecule has 10 heteroatoms. The summed E-state index contributed by atoms with van der Waals surface area (Å²) in [5, 5.41) is 45.6. The lowest BCUT2D eigenvalue weighted by atomic mass is 9.57. The van der Waals surface area contributed by atoms with Crippen LogP contribution in [0.5, 0.6) is 5.75 Å². The first kappa shape index (κ1) is 27.0. The molecule has 1 amide bonds. The van der Waals surface area contributed by atoms with Crippen molar-refractivity contribution in [3.8, 4) is 16.9 Å². The molecule has 0 bridgehead atoms. The smallest absolute Gasteiger partial charge is 0.255 e. The number of carbonyl (C=O) groups is 3. The number of amides is 1. The molecule has 204 valence electrons. The third-order valence-electron chi connectivity index (χ3n) is 8.18. The number of aliphatic hydroxyl groups excluding tert-OH is 2. The largest absolute Gasteiger partial charge is 0.508 e. The molecule has 0 heterocycles. The number of likely N-dealkylation sites (N-methyl/N-ethyl adjacent to an activating group) is 1. The summed E-state index contributed by atoms with van der Waals surface area (Å²) in [6.07, 6.45) is 2.17. The minimum atomic E-state index is -2.65. The number of aliphatic hydroxyl groups is 3. The van der Waals surface area contributed by atoms with E-state index in [9.17, 15) is 34.8 Å². The maximum Gasteiger partial charge on any atom is 0.255 e. The van der Waals surface area contributed by atoms with Gasteiger partial charge in [0.05, 0.1) is 11.6 Å². The second-order valence-electron chi connectivity index (χ2n) is 10.5. The van der Waals surface area contributed by atoms with Gasteiger partial charge in [0.2, 0.25) is 5.78 Å². The lowest BCUT2D eigenvalue weighted by Crippen LogP contribution is -2.65. The van der Waals surface area contributed by atoms with Crippen LogP contribution in [0.4, 0.5) is 0 Å². The molecule has 0 aromatic heterocycles. The number of phenolic OH excluding ortho intramolecular Hbond substituents is 1. The number of phenols is 1. The van der Waals surface area contributed by atoms with E-state index in [1.165, 1.54) is 16.7 Å². The first-order valence-corrected chi connectivity index (χ1v) is 13.9. The van der Waals surface area contributed by atoms with Gasteiger partial charge in [-0.05, 0) is 61.9 Å². The summed E-state index contributed by atoms with van der Waals surface area (Å²) in [4.78, 5) is 40.9. The van der Waals surface area contributed by atoms with Crippen LogP contribution in [0, 0.1) is 11.8 Å². The molecule has 0 spiro atoms. The average Bonchev–Trinajstić information content (AvgIpc) is 2.88. The fourth-order valence-electron chi connectivity index (χ4n) is 6.51. The molecule has 0 aliphatic heterocycles. The number of primary amides is 1. The summed E-state index contributed by atoms with van der Waals surface area (Å²) >= 11 is 1.48. The zero-order valence-electron chi connectivity index (χ0n) is 21.8. The van der Waals surface area contributed by atoms with Gasteiger partial charge in [0.25, 0.3) is 5.91 Å². The molecule has 6 N–H and O–H groups in total. The minimum absolute atomic E-state index is 0.0489. The van der Waals surface area contributed by atoms with E-state index in [-0.39, 0.29) is 29.7 Å². The second kappa shape index (κ2) is 9.55. The van der Waals surface area contributed by atoms with E-state index in [0.717, 1.165) is 11.1 Å². The van der Waals surface area contributed by atoms with Crippen molar-refractivity contribution in [3.63, 3.8) is 0 Å². The molecule has 0 saturated heterocycles. The maximum atomic E-state index is 14.0. The van der Waals surface area contributed by atoms with Crippen LogP contribution >= 0.6 is 11.8 Å². The highest BCUT2D eigenvalue weighted by molar-refractivity contribution is 7.97. The van der Waals surface area contributed by atoms with Crippen LogP contribution in [0.25, 0.3) is 16.9 Å². The summed E-state index contributed by atoms with van der Waals surface area (Å²) < 4.78 is 0. The van der Waals surface area contributed by atoms with E-state index < -0.39 is 58.0 Å². The molecule has 5 rings (SSSR count). The highest BCUT2D eigenvalue weighted by Crippen LogP contribution is 2.54. The molecule has 1 fully saturated rings. The van der Waals surface area contributed by atoms with Crippen LogP contribution in [-0.4, -0.2) is 74.8 Å². The average molecular weight is 551 g/mol. The predicted molar refractivity (Wildman–Crippen MR) is 147 cm³/mol. The van der Waals surface area contributed by atoms with E-state index in [1.807, 2.05) is 42.7 Å². The standard InChI is InChI=1S/C29H30N2O7S/c1-31(2)22-18-11-14-9-17-16(13-7-5-4-6-8-13)10-15(12-39-3)23(32)20(17)24(33)19(14)26(35)29(18,38)27(36)21(25(22)34)28(30)37/h4-8,10,14,18,22,32-33,36,38H,9,11-12H2,1-3H3,(H2,30,37)/t14-,18-,22+,29-/m0/s1. The first-order valence-electron chi connectivity index (χ1n) is 12.5. The molecule has 0 unspecified atom stereocenters. The quantitative estimate of drug-likeness (QED) is 0.352. The fraction of sp³-hybridized carbons (Fsp3) is 0.345. The Labute approximate surface area is 229 Å². The number of hydrogen-bond donors (Lipinski definition) is 5. The zero-order valence-corrected chi connectivity index (χ0v) is 22.6. The van der Waals surface area contributed by atoms with Gasteiger partial charge in [-0.25, -0.2) is 0 Å². The van der Waals surface area contributed by atoms with Crippen molar-refractivity contribution in [2.24, 2.45) is 17.6 Å². The Morgan fingerprint density at radius 3 is 2.41 bits per heavy atom. The monoisotopic (exact) mass is 550 g/mol. The Balaban J connectivity index is 1.78. The van der Waals surface area contributed by atoms with Gasteiger partial charge in [-0.3, -0.25) is 19.3 Å². The third-order valence-corrected chi connectivity index (χ3v) is 8.78. The normalized spacial score (nSPS) is 26.4. The van der Waals surface area contributed by atoms with Crippen LogP contribution in [0.2, 0.25) is 0 Å². The summed E-state index contributed by atoms with van der Waals surface area (Å²) in [6.45, 7) is 0. The number of benzene rings is 2. The summed E-state index contributed by atoms with van der Waals surface area (Å²) in [7, 11) is 3.15. The summed E-state index contributed by atoms with van der Waals surface area (Å²) in [5.41, 5.74) is 4.74. The molecular weight excluding hydrogens is 520 g/mol. The van der Waals surface area contributed by atoms with Crippen molar-refractivity contribution in [2.45, 2.75) is 30.2 Å². The highest BCUT2D eigenvalue weighted by atomic mass is 32.2. The Bertz CT molecular complexity index is 1480. The van der Waals surface area contributed by atoms with E-state index in [1.54, 1.807) is 14.1 Å². The van der Waals surface area contributed by atoms with Crippen LogP contribution in [0.3, 0.4) is 0 Å². The van der Waals surface area contributed by atoms with Crippen molar-refractivity contribution in [1.29, 1.82) is 0 Å². The van der Waals surface area contributed by atoms with Gasteiger partial charge in [-0.1, -0.05) is 30.3 Å². The van der Waals surface area contributed by atoms with Gasteiger partial charge < -0.3 is 26.2 Å². The van der Waals surface area contributed by atoms with E-state index in [4.69, 9.17) is 5.73 Å². The van der Waals surface area contributed by atoms with Crippen LogP contribution < -0.4 is 5.73 Å². The van der Waals surface area contributed by atoms with Gasteiger partial charge in [-0.2, -0.15) is 11.8 Å². The minimum Gasteiger partial charge on any atom is -0.508 e. The van der Waals surface area contributed by atoms with Crippen LogP contribution in [-0.2, 0) is 26.6 Å². The van der Waals surface area contributed by atoms with E-state index >= 15 is 0 Å². The number of Topliss-reactive ketones (excluding diaryl/α,β-unsaturated/α-hetero) is 2. The fourth-order valence-corrected chi connectivity index (χ4v) is 7.04. The van der Waals surface area contributed by atoms with Crippen molar-refractivity contribution >= 4 is 35.0 Å². The number of aromatic hydroxyl groups is 1. The van der Waals surface area contributed by atoms with Gasteiger partial charge >= 0.3 is 0 Å². The van der Waals surface area contributed by atoms with Crippen LogP contribution in [0.15, 0.2) is 53.3 Å². The number of rotatable bonds is 5. The molecule has 2 aromatic rings. The molecule has 39 heavy (non-hydrogen) atoms. The highest BCUT2D eigenvalue weighted by Gasteiger charge is 2.64. The van der Waals surface area contributed by atoms with Crippen LogP contribution in [0.1, 0.15) is 23.1 Å². The van der Waals surface area contributed by atoms with Gasteiger partial charge in [0.15, 0.2) is 11.4 Å². The topological polar surface area (TPSA) is 161 Å². The number of fused-ring (bicyclic) bond motifs is 3. The Morgan fingerprint density at radius 1 is 1.15 bits per heavy atom. The number of nitrogens with zero attached hydrogens (tertiary/aromatic N) is 1. The zero-order chi connectivity index (χ0) is 28.4. The summed E-state index contributed by atoms with van der Waals surface area (Å²) in [5.74, 6) is -6.07. The number of hydrogen-bond acceptors (Lipinski definition) is 9. The first-order chi connectivity index (χ1) is 18.4. The molecule has 9 nitrogen and oxygen atoms in total. The Kier molecular flexibility index (Phi) is 6.61. The molecule has 4 atom stereocenters. The molecule has 1 saturated carbocycles. The van der Waals surface area contributed by atoms with Crippen molar-refractivity contribution in [2.75, 3.05) is 20.4 Å². The summed E-state index contributed by atoms with van der Waals surface area (Å²) in [6, 6.07) is 10.3. The van der Waals surface area contributed by atoms with Crippen molar-refractivity contribution in [3.05, 3.63) is 70.0 Å². The number of thioether (sulfide) groups is 1. The SMILES string of the molecule is CSCc1cc(-c2ccccc2)c2c(c1O)C(O)=C1C(=O)[C@]3(O)C(O)=C(C(N)=O)C(=O)[C@H](N(C)C)[C@@H]3C[C@@H]1C2. The van der Waals surface area contributed by atoms with Gasteiger partial charge in [0, 0.05) is 22.8 Å². The third kappa shape index (κ3) is 3.81. The molecule has 3 aliphatic carbocycles. The lowest BCUT2D eigenvalue weighted by molar-refractivity contribution is -0.153. The number of ketones is 2. The van der Waals surface area contributed by atoms with Crippen molar-refractivity contribution < 1.29 is 34.8 Å². The maximum absolute atomic E-state index is 14.0. The van der Waals surface area contributed by atoms with Crippen molar-refractivity contribution in [1.82, 2.24) is 4.90 Å². The Hall–Kier alpha value is -3.60. The Morgan fingerprint density at radius 2 is 1.82 bits per heavy atom. The molecule has 3 aliphatic rings. The van der Waals surface area contributed by atoms with Gasteiger partial charge in [0.1, 0.15) is 22.8 Å². The predicted octanol–water partition coefficient (Wildman–Crippen LogP) is 2.49.